The average molecular weight is 247 g/mol. The van der Waals surface area contributed by atoms with Crippen LogP contribution in [0.2, 0.25) is 0 Å². The lowest BCUT2D eigenvalue weighted by Gasteiger charge is -2.09. The van der Waals surface area contributed by atoms with Gasteiger partial charge in [-0.05, 0) is 24.6 Å². The maximum absolute atomic E-state index is 5.93. The molecule has 0 radical (unpaired) electrons. The Morgan fingerprint density at radius 3 is 2.22 bits per heavy atom. The van der Waals surface area contributed by atoms with Crippen LogP contribution >= 0.6 is 0 Å². The highest BCUT2D eigenvalue weighted by molar-refractivity contribution is 5.41. The first-order valence-corrected chi connectivity index (χ1v) is 5.64. The minimum Gasteiger partial charge on any atom is -0.497 e. The molecule has 18 heavy (non-hydrogen) atoms. The second-order valence-electron chi connectivity index (χ2n) is 4.09. The van der Waals surface area contributed by atoms with E-state index >= 15 is 0 Å². The van der Waals surface area contributed by atoms with Gasteiger partial charge in [0, 0.05) is 11.6 Å². The van der Waals surface area contributed by atoms with Gasteiger partial charge in [0.1, 0.15) is 17.3 Å². The number of hydrogen-bond acceptors (Lipinski definition) is 4. The van der Waals surface area contributed by atoms with Crippen LogP contribution in [0.3, 0.4) is 0 Å². The molecule has 2 aromatic rings. The maximum atomic E-state index is 5.93. The van der Waals surface area contributed by atoms with Crippen LogP contribution < -0.4 is 15.2 Å². The van der Waals surface area contributed by atoms with Gasteiger partial charge in [0.2, 0.25) is 0 Å². The summed E-state index contributed by atoms with van der Waals surface area (Å²) < 4.78 is 12.2. The van der Waals surface area contributed by atoms with Crippen molar-refractivity contribution in [1.82, 2.24) is 9.78 Å². The summed E-state index contributed by atoms with van der Waals surface area (Å²) in [5.74, 6) is 2.19. The average Bonchev–Trinajstić information content (AvgIpc) is 2.70. The van der Waals surface area contributed by atoms with Crippen LogP contribution in [0.15, 0.2) is 24.4 Å². The van der Waals surface area contributed by atoms with Crippen molar-refractivity contribution in [3.63, 3.8) is 0 Å². The van der Waals surface area contributed by atoms with Gasteiger partial charge in [-0.15, -0.1) is 0 Å². The minimum absolute atomic E-state index is 0.591. The van der Waals surface area contributed by atoms with Crippen molar-refractivity contribution in [3.8, 4) is 11.5 Å². The molecule has 0 bridgehead atoms. The van der Waals surface area contributed by atoms with E-state index in [9.17, 15) is 0 Å². The second kappa shape index (κ2) is 5.00. The number of aromatic nitrogens is 2. The Morgan fingerprint density at radius 1 is 1.17 bits per heavy atom. The molecule has 0 saturated heterocycles. The van der Waals surface area contributed by atoms with Crippen molar-refractivity contribution < 1.29 is 9.47 Å². The van der Waals surface area contributed by atoms with Gasteiger partial charge in [0.15, 0.2) is 0 Å². The Labute approximate surface area is 106 Å². The third-order valence-electron chi connectivity index (χ3n) is 2.82. The third-order valence-corrected chi connectivity index (χ3v) is 2.82. The Morgan fingerprint density at radius 2 is 1.78 bits per heavy atom. The minimum atomic E-state index is 0.591. The fraction of sp³-hybridized carbons (Fsp3) is 0.308. The van der Waals surface area contributed by atoms with E-state index in [0.717, 1.165) is 22.6 Å². The predicted molar refractivity (Wildman–Crippen MR) is 70.0 cm³/mol. The van der Waals surface area contributed by atoms with Crippen molar-refractivity contribution in [3.05, 3.63) is 35.5 Å². The first-order chi connectivity index (χ1) is 8.63. The molecule has 0 saturated carbocycles. The van der Waals surface area contributed by atoms with Crippen molar-refractivity contribution in [2.75, 3.05) is 20.0 Å². The smallest absolute Gasteiger partial charge is 0.124 e. The van der Waals surface area contributed by atoms with E-state index in [4.69, 9.17) is 15.2 Å². The quantitative estimate of drug-likeness (QED) is 0.895. The number of nitrogens with two attached hydrogens (primary N) is 1. The lowest BCUT2D eigenvalue weighted by Crippen LogP contribution is -2.06. The van der Waals surface area contributed by atoms with Crippen LogP contribution in [0, 0.1) is 6.92 Å². The van der Waals surface area contributed by atoms with Crippen LogP contribution in [0.4, 0.5) is 5.82 Å². The topological polar surface area (TPSA) is 62.3 Å². The van der Waals surface area contributed by atoms with E-state index in [1.54, 1.807) is 25.1 Å². The fourth-order valence-corrected chi connectivity index (χ4v) is 1.74. The molecule has 0 atom stereocenters. The first kappa shape index (κ1) is 12.3. The molecular formula is C13H17N3O2. The number of nitrogen functional groups attached to an aromatic ring is 1. The molecule has 0 unspecified atom stereocenters. The van der Waals surface area contributed by atoms with Crippen molar-refractivity contribution in [2.24, 2.45) is 0 Å². The van der Waals surface area contributed by atoms with E-state index in [0.29, 0.717) is 12.4 Å². The van der Waals surface area contributed by atoms with Crippen LogP contribution in [0.1, 0.15) is 11.1 Å². The number of anilines is 1. The molecule has 0 aliphatic carbocycles. The summed E-state index contributed by atoms with van der Waals surface area (Å²) in [6, 6.07) is 5.72. The van der Waals surface area contributed by atoms with Crippen molar-refractivity contribution in [1.29, 1.82) is 0 Å². The number of nitrogens with zero attached hydrogens (tertiary/aromatic N) is 2. The summed E-state index contributed by atoms with van der Waals surface area (Å²) in [6.07, 6.45) is 1.76. The van der Waals surface area contributed by atoms with Crippen LogP contribution in [0.25, 0.3) is 0 Å². The standard InChI is InChI=1S/C13H17N3O2/c1-9-7-15-16(13(9)14)8-10-4-11(17-2)6-12(5-10)18-3/h4-7H,8,14H2,1-3H3. The predicted octanol–water partition coefficient (Wildman–Crippen LogP) is 1.84. The lowest BCUT2D eigenvalue weighted by atomic mass is 10.2. The molecule has 0 amide bonds. The van der Waals surface area contributed by atoms with E-state index in [1.807, 2.05) is 25.1 Å². The summed E-state index contributed by atoms with van der Waals surface area (Å²) in [6.45, 7) is 2.53. The van der Waals surface area contributed by atoms with Crippen LogP contribution in [-0.4, -0.2) is 24.0 Å². The lowest BCUT2D eigenvalue weighted by molar-refractivity contribution is 0.393. The zero-order valence-corrected chi connectivity index (χ0v) is 10.8. The molecule has 1 heterocycles. The molecular weight excluding hydrogens is 230 g/mol. The van der Waals surface area contributed by atoms with Crippen molar-refractivity contribution >= 4 is 5.82 Å². The van der Waals surface area contributed by atoms with E-state index < -0.39 is 0 Å². The molecule has 2 rings (SSSR count). The fourth-order valence-electron chi connectivity index (χ4n) is 1.74. The van der Waals surface area contributed by atoms with Gasteiger partial charge in [-0.25, -0.2) is 4.68 Å². The molecule has 0 aliphatic rings. The zero-order valence-electron chi connectivity index (χ0n) is 10.8. The molecule has 0 fully saturated rings. The number of rotatable bonds is 4. The summed E-state index contributed by atoms with van der Waals surface area (Å²) in [7, 11) is 3.26. The third kappa shape index (κ3) is 2.40. The SMILES string of the molecule is COc1cc(Cn2ncc(C)c2N)cc(OC)c1. The normalized spacial score (nSPS) is 10.4. The van der Waals surface area contributed by atoms with E-state index in [2.05, 4.69) is 5.10 Å². The number of methoxy groups -OCH3 is 2. The molecule has 1 aromatic carbocycles. The van der Waals surface area contributed by atoms with Gasteiger partial charge in [-0.3, -0.25) is 0 Å². The van der Waals surface area contributed by atoms with Gasteiger partial charge < -0.3 is 15.2 Å². The molecule has 2 N–H and O–H groups in total. The maximum Gasteiger partial charge on any atom is 0.124 e. The molecule has 5 nitrogen and oxygen atoms in total. The number of aryl methyl sites for hydroxylation is 1. The molecule has 5 heteroatoms. The Balaban J connectivity index is 2.31. The molecule has 1 aromatic heterocycles. The zero-order chi connectivity index (χ0) is 13.1. The number of ether oxygens (including phenoxy) is 2. The monoisotopic (exact) mass is 247 g/mol. The second-order valence-corrected chi connectivity index (χ2v) is 4.09. The van der Waals surface area contributed by atoms with Crippen LogP contribution in [-0.2, 0) is 6.54 Å². The Bertz CT molecular complexity index is 527. The van der Waals surface area contributed by atoms with E-state index in [1.165, 1.54) is 0 Å². The van der Waals surface area contributed by atoms with Gasteiger partial charge in [0.25, 0.3) is 0 Å². The first-order valence-electron chi connectivity index (χ1n) is 5.64. The van der Waals surface area contributed by atoms with Gasteiger partial charge in [-0.1, -0.05) is 0 Å². The highest BCUT2D eigenvalue weighted by Gasteiger charge is 2.06. The van der Waals surface area contributed by atoms with Gasteiger partial charge in [-0.2, -0.15) is 5.10 Å². The Hall–Kier alpha value is -2.17. The largest absolute Gasteiger partial charge is 0.497 e. The highest BCUT2D eigenvalue weighted by atomic mass is 16.5. The molecule has 96 valence electrons. The molecule has 0 aliphatic heterocycles. The van der Waals surface area contributed by atoms with Gasteiger partial charge >= 0.3 is 0 Å². The molecule has 0 spiro atoms. The van der Waals surface area contributed by atoms with Gasteiger partial charge in [0.05, 0.1) is 27.0 Å². The highest BCUT2D eigenvalue weighted by Crippen LogP contribution is 2.23. The van der Waals surface area contributed by atoms with Crippen LogP contribution in [0.5, 0.6) is 11.5 Å². The number of benzene rings is 1. The summed E-state index contributed by atoms with van der Waals surface area (Å²) in [4.78, 5) is 0. The Kier molecular flexibility index (Phi) is 3.41. The summed E-state index contributed by atoms with van der Waals surface area (Å²) >= 11 is 0. The van der Waals surface area contributed by atoms with E-state index in [-0.39, 0.29) is 0 Å². The number of hydrogen-bond donors (Lipinski definition) is 1. The van der Waals surface area contributed by atoms with Crippen molar-refractivity contribution in [2.45, 2.75) is 13.5 Å². The summed E-state index contributed by atoms with van der Waals surface area (Å²) in [5, 5.41) is 4.23. The summed E-state index contributed by atoms with van der Waals surface area (Å²) in [5.41, 5.74) is 7.93.